The van der Waals surface area contributed by atoms with Gasteiger partial charge in [-0.15, -0.1) is 0 Å². The highest BCUT2D eigenvalue weighted by molar-refractivity contribution is 5.83. The van der Waals surface area contributed by atoms with E-state index in [-0.39, 0.29) is 11.4 Å². The minimum absolute atomic E-state index is 0.131. The van der Waals surface area contributed by atoms with Gasteiger partial charge < -0.3 is 14.4 Å². The molecule has 4 atom stereocenters. The van der Waals surface area contributed by atoms with Gasteiger partial charge >= 0.3 is 0 Å². The van der Waals surface area contributed by atoms with Gasteiger partial charge in [0, 0.05) is 24.4 Å². The molecule has 5 rings (SSSR count). The Morgan fingerprint density at radius 3 is 2.46 bits per heavy atom. The molecule has 2 saturated heterocycles. The maximum absolute atomic E-state index is 13.5. The Labute approximate surface area is 166 Å². The summed E-state index contributed by atoms with van der Waals surface area (Å²) in [6.07, 6.45) is 4.44. The minimum atomic E-state index is -0.458. The van der Waals surface area contributed by atoms with Crippen LogP contribution < -0.4 is 0 Å². The number of amides is 1. The molecule has 3 aliphatic rings. The molecule has 1 amide bonds. The van der Waals surface area contributed by atoms with E-state index in [4.69, 9.17) is 9.47 Å². The normalized spacial score (nSPS) is 32.3. The predicted molar refractivity (Wildman–Crippen MR) is 106 cm³/mol. The third kappa shape index (κ3) is 2.87. The van der Waals surface area contributed by atoms with Crippen molar-refractivity contribution in [1.29, 1.82) is 0 Å². The molecule has 146 valence electrons. The van der Waals surface area contributed by atoms with E-state index in [9.17, 15) is 4.79 Å². The van der Waals surface area contributed by atoms with Gasteiger partial charge in [0.2, 0.25) is 0 Å². The molecule has 2 aliphatic heterocycles. The quantitative estimate of drug-likeness (QED) is 0.795. The van der Waals surface area contributed by atoms with E-state index in [0.717, 1.165) is 18.5 Å². The number of rotatable bonds is 3. The predicted octanol–water partition coefficient (Wildman–Crippen LogP) is 4.42. The summed E-state index contributed by atoms with van der Waals surface area (Å²) in [5, 5.41) is 0. The first-order valence-electron chi connectivity index (χ1n) is 10.5. The van der Waals surface area contributed by atoms with Crippen molar-refractivity contribution in [2.75, 3.05) is 13.2 Å². The molecule has 1 saturated carbocycles. The van der Waals surface area contributed by atoms with Gasteiger partial charge in [-0.05, 0) is 18.4 Å². The molecule has 4 unspecified atom stereocenters. The first-order valence-corrected chi connectivity index (χ1v) is 10.5. The van der Waals surface area contributed by atoms with Crippen LogP contribution in [0.3, 0.4) is 0 Å². The third-order valence-corrected chi connectivity index (χ3v) is 6.74. The van der Waals surface area contributed by atoms with Crippen LogP contribution in [0.1, 0.15) is 49.5 Å². The summed E-state index contributed by atoms with van der Waals surface area (Å²) in [4.78, 5) is 15.7. The van der Waals surface area contributed by atoms with Crippen LogP contribution in [-0.4, -0.2) is 30.1 Å². The fraction of sp³-hybridized carbons (Fsp3) is 0.458. The fourth-order valence-electron chi connectivity index (χ4n) is 5.32. The summed E-state index contributed by atoms with van der Waals surface area (Å²) < 4.78 is 11.9. The molecule has 0 bridgehead atoms. The van der Waals surface area contributed by atoms with Gasteiger partial charge in [0.1, 0.15) is 6.10 Å². The first-order chi connectivity index (χ1) is 13.8. The molecule has 4 heteroatoms. The molecule has 0 aromatic heterocycles. The van der Waals surface area contributed by atoms with Crippen molar-refractivity contribution in [2.24, 2.45) is 5.92 Å². The monoisotopic (exact) mass is 377 g/mol. The lowest BCUT2D eigenvalue weighted by molar-refractivity contribution is -0.232. The van der Waals surface area contributed by atoms with Crippen LogP contribution in [0.2, 0.25) is 0 Å². The number of nitrogens with zero attached hydrogens (tertiary/aromatic N) is 1. The van der Waals surface area contributed by atoms with E-state index < -0.39 is 12.4 Å². The van der Waals surface area contributed by atoms with Gasteiger partial charge in [0.25, 0.3) is 5.91 Å². The van der Waals surface area contributed by atoms with Crippen LogP contribution in [0.15, 0.2) is 60.7 Å². The molecule has 0 radical (unpaired) electrons. The smallest absolute Gasteiger partial charge is 0.252 e. The summed E-state index contributed by atoms with van der Waals surface area (Å²) in [6, 6.07) is 20.5. The average molecular weight is 377 g/mol. The van der Waals surface area contributed by atoms with Crippen LogP contribution in [0, 0.1) is 5.92 Å². The molecule has 4 nitrogen and oxygen atoms in total. The second kappa shape index (κ2) is 7.34. The van der Waals surface area contributed by atoms with E-state index in [1.165, 1.54) is 24.8 Å². The summed E-state index contributed by atoms with van der Waals surface area (Å²) in [7, 11) is 0. The maximum Gasteiger partial charge on any atom is 0.252 e. The van der Waals surface area contributed by atoms with E-state index in [2.05, 4.69) is 35.2 Å². The van der Waals surface area contributed by atoms with Crippen molar-refractivity contribution in [1.82, 2.24) is 4.90 Å². The zero-order chi connectivity index (χ0) is 19.0. The number of likely N-dealkylation sites (tertiary alicyclic amines) is 1. The molecule has 0 N–H and O–H groups in total. The van der Waals surface area contributed by atoms with Gasteiger partial charge in [-0.2, -0.15) is 0 Å². The molecule has 2 aromatic carbocycles. The Kier molecular flexibility index (Phi) is 4.69. The number of ether oxygens (including phenoxy) is 2. The summed E-state index contributed by atoms with van der Waals surface area (Å²) in [5.74, 6) is 0.698. The van der Waals surface area contributed by atoms with Crippen molar-refractivity contribution < 1.29 is 14.3 Å². The standard InChI is InChI=1S/C24H27NO3/c26-22(21-14-16-27-23(28-21)18-9-3-1-4-10-18)25-17-20-13-7-8-15-24(20,25)19-11-5-2-6-12-19/h1-6,9-12,20-21,23H,7-8,13-17H2. The number of hydrogen-bond donors (Lipinski definition) is 0. The lowest BCUT2D eigenvalue weighted by Gasteiger charge is -2.62. The summed E-state index contributed by atoms with van der Waals surface area (Å²) in [6.45, 7) is 1.40. The Morgan fingerprint density at radius 1 is 0.964 bits per heavy atom. The molecule has 2 heterocycles. The minimum Gasteiger partial charge on any atom is -0.348 e. The Morgan fingerprint density at radius 2 is 1.71 bits per heavy atom. The zero-order valence-corrected chi connectivity index (χ0v) is 16.1. The molecule has 3 fully saturated rings. The van der Waals surface area contributed by atoms with E-state index >= 15 is 0 Å². The number of carbonyl (C=O) groups is 1. The zero-order valence-electron chi connectivity index (χ0n) is 16.1. The Balaban J connectivity index is 1.38. The number of fused-ring (bicyclic) bond motifs is 1. The highest BCUT2D eigenvalue weighted by atomic mass is 16.7. The fourth-order valence-corrected chi connectivity index (χ4v) is 5.32. The molecule has 1 aliphatic carbocycles. The number of benzene rings is 2. The van der Waals surface area contributed by atoms with Gasteiger partial charge in [-0.1, -0.05) is 73.5 Å². The third-order valence-electron chi connectivity index (χ3n) is 6.74. The number of hydrogen-bond acceptors (Lipinski definition) is 3. The van der Waals surface area contributed by atoms with Crippen LogP contribution >= 0.6 is 0 Å². The largest absolute Gasteiger partial charge is 0.348 e. The van der Waals surface area contributed by atoms with E-state index in [1.807, 2.05) is 30.3 Å². The van der Waals surface area contributed by atoms with Crippen molar-refractivity contribution in [3.63, 3.8) is 0 Å². The van der Waals surface area contributed by atoms with Gasteiger partial charge in [-0.3, -0.25) is 4.79 Å². The van der Waals surface area contributed by atoms with E-state index in [0.29, 0.717) is 18.9 Å². The topological polar surface area (TPSA) is 38.8 Å². The SMILES string of the molecule is O=C(C1CCOC(c2ccccc2)O1)N1CC2CCCCC21c1ccccc1. The molecular weight excluding hydrogens is 350 g/mol. The van der Waals surface area contributed by atoms with Crippen LogP contribution in [0.5, 0.6) is 0 Å². The van der Waals surface area contributed by atoms with Crippen molar-refractivity contribution in [2.45, 2.75) is 50.0 Å². The summed E-state index contributed by atoms with van der Waals surface area (Å²) in [5.41, 5.74) is 2.11. The number of carbonyl (C=O) groups excluding carboxylic acids is 1. The summed E-state index contributed by atoms with van der Waals surface area (Å²) >= 11 is 0. The Bertz CT molecular complexity index is 824. The van der Waals surface area contributed by atoms with Crippen molar-refractivity contribution in [3.8, 4) is 0 Å². The van der Waals surface area contributed by atoms with Crippen molar-refractivity contribution in [3.05, 3.63) is 71.8 Å². The highest BCUT2D eigenvalue weighted by Gasteiger charge is 2.58. The second-order valence-corrected chi connectivity index (χ2v) is 8.21. The molecule has 2 aromatic rings. The van der Waals surface area contributed by atoms with Gasteiger partial charge in [-0.25, -0.2) is 0 Å². The van der Waals surface area contributed by atoms with Crippen LogP contribution in [0.25, 0.3) is 0 Å². The first kappa shape index (κ1) is 17.9. The molecular formula is C24H27NO3. The van der Waals surface area contributed by atoms with E-state index in [1.54, 1.807) is 0 Å². The Hall–Kier alpha value is -2.17. The lowest BCUT2D eigenvalue weighted by atomic mass is 9.61. The van der Waals surface area contributed by atoms with Crippen molar-refractivity contribution >= 4 is 5.91 Å². The molecule has 28 heavy (non-hydrogen) atoms. The average Bonchev–Trinajstić information content (AvgIpc) is 2.76. The maximum atomic E-state index is 13.5. The van der Waals surface area contributed by atoms with Gasteiger partial charge in [0.15, 0.2) is 6.29 Å². The molecule has 0 spiro atoms. The second-order valence-electron chi connectivity index (χ2n) is 8.21. The van der Waals surface area contributed by atoms with Crippen LogP contribution in [0.4, 0.5) is 0 Å². The van der Waals surface area contributed by atoms with Crippen LogP contribution in [-0.2, 0) is 19.8 Å². The highest BCUT2D eigenvalue weighted by Crippen LogP contribution is 2.54. The van der Waals surface area contributed by atoms with Gasteiger partial charge in [0.05, 0.1) is 12.1 Å². The lowest BCUT2D eigenvalue weighted by Crippen LogP contribution is -2.69.